The average Bonchev–Trinajstić information content (AvgIpc) is 2.32. The normalized spacial score (nSPS) is 10.2. The van der Waals surface area contributed by atoms with Gasteiger partial charge in [-0.1, -0.05) is 18.2 Å². The predicted octanol–water partition coefficient (Wildman–Crippen LogP) is 3.66. The molecule has 1 heterocycles. The molecule has 0 unspecified atom stereocenters. The summed E-state index contributed by atoms with van der Waals surface area (Å²) < 4.78 is 0.809. The highest BCUT2D eigenvalue weighted by molar-refractivity contribution is 9.10. The van der Waals surface area contributed by atoms with Gasteiger partial charge in [-0.05, 0) is 39.7 Å². The van der Waals surface area contributed by atoms with Crippen molar-refractivity contribution in [3.63, 3.8) is 0 Å². The Bertz CT molecular complexity index is 490. The number of aromatic nitrogens is 2. The molecule has 5 heteroatoms. The number of anilines is 2. The van der Waals surface area contributed by atoms with E-state index in [9.17, 15) is 0 Å². The third-order valence-electron chi connectivity index (χ3n) is 2.16. The van der Waals surface area contributed by atoms with Gasteiger partial charge in [0.05, 0.1) is 4.47 Å². The van der Waals surface area contributed by atoms with E-state index in [1.807, 2.05) is 42.3 Å². The van der Waals surface area contributed by atoms with Gasteiger partial charge in [-0.2, -0.15) is 4.98 Å². The highest BCUT2D eigenvalue weighted by atomic mass is 79.9. The first-order valence-electron chi connectivity index (χ1n) is 4.65. The predicted molar refractivity (Wildman–Crippen MR) is 69.2 cm³/mol. The Kier molecular flexibility index (Phi) is 3.41. The van der Waals surface area contributed by atoms with Crippen LogP contribution < -0.4 is 4.90 Å². The van der Waals surface area contributed by atoms with Crippen molar-refractivity contribution < 1.29 is 0 Å². The average molecular weight is 299 g/mol. The van der Waals surface area contributed by atoms with Crippen LogP contribution in [0, 0.1) is 0 Å². The Hall–Kier alpha value is -1.13. The Morgan fingerprint density at radius 3 is 2.62 bits per heavy atom. The van der Waals surface area contributed by atoms with Crippen LogP contribution in [0.15, 0.2) is 41.0 Å². The summed E-state index contributed by atoms with van der Waals surface area (Å²) in [6, 6.07) is 9.93. The van der Waals surface area contributed by atoms with Gasteiger partial charge >= 0.3 is 0 Å². The molecule has 0 bridgehead atoms. The minimum absolute atomic E-state index is 0.237. The van der Waals surface area contributed by atoms with Crippen molar-refractivity contribution in [1.29, 1.82) is 0 Å². The van der Waals surface area contributed by atoms with Gasteiger partial charge in [0.1, 0.15) is 0 Å². The van der Waals surface area contributed by atoms with Crippen LogP contribution in [0.5, 0.6) is 0 Å². The van der Waals surface area contributed by atoms with E-state index in [0.29, 0.717) is 0 Å². The second kappa shape index (κ2) is 4.80. The zero-order valence-electron chi connectivity index (χ0n) is 8.56. The second-order valence-electron chi connectivity index (χ2n) is 3.21. The number of benzene rings is 1. The van der Waals surface area contributed by atoms with Gasteiger partial charge in [-0.3, -0.25) is 0 Å². The lowest BCUT2D eigenvalue weighted by Crippen LogP contribution is -2.12. The summed E-state index contributed by atoms with van der Waals surface area (Å²) >= 11 is 9.18. The lowest BCUT2D eigenvalue weighted by atomic mass is 10.3. The van der Waals surface area contributed by atoms with E-state index in [1.165, 1.54) is 0 Å². The van der Waals surface area contributed by atoms with Gasteiger partial charge in [0.15, 0.2) is 5.82 Å². The van der Waals surface area contributed by atoms with E-state index < -0.39 is 0 Å². The molecule has 0 aliphatic carbocycles. The van der Waals surface area contributed by atoms with E-state index in [2.05, 4.69) is 25.9 Å². The van der Waals surface area contributed by atoms with Crippen LogP contribution in [0.1, 0.15) is 0 Å². The first kappa shape index (κ1) is 11.4. The van der Waals surface area contributed by atoms with Crippen molar-refractivity contribution in [3.8, 4) is 0 Å². The SMILES string of the molecule is CN(c1ccccc1)c1nc(Cl)ncc1Br. The molecule has 2 aromatic rings. The van der Waals surface area contributed by atoms with Gasteiger partial charge < -0.3 is 4.90 Å². The molecular weight excluding hydrogens is 289 g/mol. The summed E-state index contributed by atoms with van der Waals surface area (Å²) in [4.78, 5) is 10.0. The van der Waals surface area contributed by atoms with Crippen LogP contribution in [-0.4, -0.2) is 17.0 Å². The topological polar surface area (TPSA) is 29.0 Å². The molecule has 0 saturated carbocycles. The quantitative estimate of drug-likeness (QED) is 0.792. The maximum absolute atomic E-state index is 5.78. The maximum Gasteiger partial charge on any atom is 0.224 e. The molecule has 0 radical (unpaired) electrons. The standard InChI is InChI=1S/C11H9BrClN3/c1-16(8-5-3-2-4-6-8)10-9(12)7-14-11(13)15-10/h2-7H,1H3. The molecule has 0 aliphatic rings. The van der Waals surface area contributed by atoms with Crippen molar-refractivity contribution in [1.82, 2.24) is 9.97 Å². The van der Waals surface area contributed by atoms with Crippen LogP contribution in [0.25, 0.3) is 0 Å². The summed E-state index contributed by atoms with van der Waals surface area (Å²) in [7, 11) is 1.93. The minimum atomic E-state index is 0.237. The molecule has 1 aromatic heterocycles. The molecule has 0 fully saturated rings. The molecule has 0 saturated heterocycles. The molecule has 0 N–H and O–H groups in total. The van der Waals surface area contributed by atoms with Crippen molar-refractivity contribution in [2.75, 3.05) is 11.9 Å². The zero-order chi connectivity index (χ0) is 11.5. The van der Waals surface area contributed by atoms with E-state index in [1.54, 1.807) is 6.20 Å². The number of hydrogen-bond donors (Lipinski definition) is 0. The number of rotatable bonds is 2. The first-order valence-corrected chi connectivity index (χ1v) is 5.82. The van der Waals surface area contributed by atoms with Crippen LogP contribution >= 0.6 is 27.5 Å². The van der Waals surface area contributed by atoms with Gasteiger partial charge in [0.2, 0.25) is 5.28 Å². The summed E-state index contributed by atoms with van der Waals surface area (Å²) in [6.45, 7) is 0. The fraction of sp³-hybridized carbons (Fsp3) is 0.0909. The summed E-state index contributed by atoms with van der Waals surface area (Å²) in [5.74, 6) is 0.742. The van der Waals surface area contributed by atoms with E-state index >= 15 is 0 Å². The van der Waals surface area contributed by atoms with E-state index in [4.69, 9.17) is 11.6 Å². The fourth-order valence-corrected chi connectivity index (χ4v) is 1.93. The van der Waals surface area contributed by atoms with E-state index in [0.717, 1.165) is 16.0 Å². The summed E-state index contributed by atoms with van der Waals surface area (Å²) in [6.07, 6.45) is 1.64. The molecule has 0 aliphatic heterocycles. The highest BCUT2D eigenvalue weighted by Gasteiger charge is 2.10. The Morgan fingerprint density at radius 2 is 1.94 bits per heavy atom. The molecule has 0 spiro atoms. The maximum atomic E-state index is 5.78. The molecule has 16 heavy (non-hydrogen) atoms. The molecule has 0 amide bonds. The van der Waals surface area contributed by atoms with Crippen LogP contribution in [0.4, 0.5) is 11.5 Å². The molecule has 1 aromatic carbocycles. The third-order valence-corrected chi connectivity index (χ3v) is 2.90. The van der Waals surface area contributed by atoms with Crippen molar-refractivity contribution in [3.05, 3.63) is 46.3 Å². The third kappa shape index (κ3) is 2.33. The van der Waals surface area contributed by atoms with Crippen molar-refractivity contribution in [2.24, 2.45) is 0 Å². The monoisotopic (exact) mass is 297 g/mol. The summed E-state index contributed by atoms with van der Waals surface area (Å²) in [5, 5.41) is 0.237. The number of para-hydroxylation sites is 1. The van der Waals surface area contributed by atoms with Gasteiger partial charge in [-0.15, -0.1) is 0 Å². The van der Waals surface area contributed by atoms with Crippen LogP contribution in [0.2, 0.25) is 5.28 Å². The molecule has 2 rings (SSSR count). The summed E-state index contributed by atoms with van der Waals surface area (Å²) in [5.41, 5.74) is 1.04. The number of nitrogens with zero attached hydrogens (tertiary/aromatic N) is 3. The lowest BCUT2D eigenvalue weighted by Gasteiger charge is -2.19. The zero-order valence-corrected chi connectivity index (χ0v) is 10.9. The van der Waals surface area contributed by atoms with E-state index in [-0.39, 0.29) is 5.28 Å². The lowest BCUT2D eigenvalue weighted by molar-refractivity contribution is 1.07. The fourth-order valence-electron chi connectivity index (χ4n) is 1.35. The Morgan fingerprint density at radius 1 is 1.25 bits per heavy atom. The van der Waals surface area contributed by atoms with Gasteiger partial charge in [-0.25, -0.2) is 4.98 Å². The molecule has 82 valence electrons. The number of hydrogen-bond acceptors (Lipinski definition) is 3. The van der Waals surface area contributed by atoms with Crippen LogP contribution in [-0.2, 0) is 0 Å². The van der Waals surface area contributed by atoms with Crippen molar-refractivity contribution in [2.45, 2.75) is 0 Å². The first-order chi connectivity index (χ1) is 7.68. The molecular formula is C11H9BrClN3. The van der Waals surface area contributed by atoms with Gasteiger partial charge in [0, 0.05) is 18.9 Å². The minimum Gasteiger partial charge on any atom is -0.328 e. The van der Waals surface area contributed by atoms with Crippen molar-refractivity contribution >= 4 is 39.0 Å². The molecule has 0 atom stereocenters. The highest BCUT2D eigenvalue weighted by Crippen LogP contribution is 2.28. The molecule has 3 nitrogen and oxygen atoms in total. The number of halogens is 2. The smallest absolute Gasteiger partial charge is 0.224 e. The van der Waals surface area contributed by atoms with Gasteiger partial charge in [0.25, 0.3) is 0 Å². The Balaban J connectivity index is 2.41. The van der Waals surface area contributed by atoms with Crippen LogP contribution in [0.3, 0.4) is 0 Å². The largest absolute Gasteiger partial charge is 0.328 e. The second-order valence-corrected chi connectivity index (χ2v) is 4.40. The Labute approximate surface area is 107 Å².